The Labute approximate surface area is 105 Å². The smallest absolute Gasteiger partial charge is 0.238 e. The molecule has 0 bridgehead atoms. The van der Waals surface area contributed by atoms with E-state index in [4.69, 9.17) is 11.6 Å². The normalized spacial score (nSPS) is 12.3. The van der Waals surface area contributed by atoms with Gasteiger partial charge in [0.15, 0.2) is 5.82 Å². The first kappa shape index (κ1) is 13.4. The summed E-state index contributed by atoms with van der Waals surface area (Å²) >= 11 is 8.73. The molecule has 1 unspecified atom stereocenters. The molecule has 0 saturated heterocycles. The molecule has 2 nitrogen and oxygen atoms in total. The molecule has 0 aliphatic heterocycles. The zero-order chi connectivity index (χ0) is 12.3. The highest BCUT2D eigenvalue weighted by Crippen LogP contribution is 2.27. The molecule has 0 aliphatic carbocycles. The molecule has 1 aromatic rings. The molecule has 0 saturated carbocycles. The molecule has 0 heterocycles. The molecule has 6 heteroatoms. The number of benzene rings is 1. The minimum absolute atomic E-state index is 0.165. The van der Waals surface area contributed by atoms with Crippen LogP contribution >= 0.6 is 27.5 Å². The van der Waals surface area contributed by atoms with E-state index in [1.54, 1.807) is 6.92 Å². The maximum atomic E-state index is 13.3. The second kappa shape index (κ2) is 5.59. The molecule has 88 valence electrons. The molecule has 0 fully saturated rings. The van der Waals surface area contributed by atoms with Crippen molar-refractivity contribution in [2.24, 2.45) is 0 Å². The van der Waals surface area contributed by atoms with Crippen molar-refractivity contribution in [1.82, 2.24) is 0 Å². The van der Waals surface area contributed by atoms with Gasteiger partial charge in [-0.15, -0.1) is 0 Å². The van der Waals surface area contributed by atoms with Crippen LogP contribution < -0.4 is 5.32 Å². The highest BCUT2D eigenvalue weighted by atomic mass is 79.9. The standard InChI is InChI=1S/C10H9BrClF2NO/c1-2-6(11)10(16)15-9-7(12)3-5(13)4-8(9)14/h3-4,6H,2H2,1H3,(H,15,16). The maximum absolute atomic E-state index is 13.3. The Morgan fingerprint density at radius 1 is 1.56 bits per heavy atom. The second-order valence-corrected chi connectivity index (χ2v) is 4.62. The Hall–Kier alpha value is -0.680. The SMILES string of the molecule is CCC(Br)C(=O)Nc1c(F)cc(F)cc1Cl. The van der Waals surface area contributed by atoms with Gasteiger partial charge in [0.25, 0.3) is 0 Å². The molecule has 0 aliphatic rings. The van der Waals surface area contributed by atoms with Gasteiger partial charge in [0, 0.05) is 6.07 Å². The molecule has 1 amide bonds. The fourth-order valence-corrected chi connectivity index (χ4v) is 1.40. The van der Waals surface area contributed by atoms with Crippen molar-refractivity contribution in [2.45, 2.75) is 18.2 Å². The summed E-state index contributed by atoms with van der Waals surface area (Å²) in [5.74, 6) is -2.10. The number of anilines is 1. The number of carbonyl (C=O) groups is 1. The average Bonchev–Trinajstić information content (AvgIpc) is 2.21. The van der Waals surface area contributed by atoms with Crippen LogP contribution in [0.5, 0.6) is 0 Å². The van der Waals surface area contributed by atoms with Gasteiger partial charge in [-0.1, -0.05) is 34.5 Å². The van der Waals surface area contributed by atoms with E-state index in [1.165, 1.54) is 0 Å². The third kappa shape index (κ3) is 3.15. The van der Waals surface area contributed by atoms with Crippen molar-refractivity contribution in [2.75, 3.05) is 5.32 Å². The molecule has 16 heavy (non-hydrogen) atoms. The van der Waals surface area contributed by atoms with E-state index < -0.39 is 22.4 Å². The Bertz CT molecular complexity index is 391. The van der Waals surface area contributed by atoms with Crippen LogP contribution in [0.4, 0.5) is 14.5 Å². The van der Waals surface area contributed by atoms with Gasteiger partial charge in [-0.25, -0.2) is 8.78 Å². The number of hydrogen-bond acceptors (Lipinski definition) is 1. The maximum Gasteiger partial charge on any atom is 0.238 e. The van der Waals surface area contributed by atoms with Crippen LogP contribution in [0.15, 0.2) is 12.1 Å². The van der Waals surface area contributed by atoms with Crippen molar-refractivity contribution in [3.63, 3.8) is 0 Å². The fraction of sp³-hybridized carbons (Fsp3) is 0.300. The topological polar surface area (TPSA) is 29.1 Å². The third-order valence-corrected chi connectivity index (χ3v) is 3.26. The molecule has 1 aromatic carbocycles. The lowest BCUT2D eigenvalue weighted by molar-refractivity contribution is -0.115. The molecule has 0 spiro atoms. The van der Waals surface area contributed by atoms with Crippen LogP contribution in [0.3, 0.4) is 0 Å². The first-order valence-corrected chi connectivity index (χ1v) is 5.84. The molecule has 1 N–H and O–H groups in total. The molecule has 1 rings (SSSR count). The molecular weight excluding hydrogens is 303 g/mol. The van der Waals surface area contributed by atoms with Gasteiger partial charge in [-0.05, 0) is 12.5 Å². The molecular formula is C10H9BrClF2NO. The summed E-state index contributed by atoms with van der Waals surface area (Å²) in [5.41, 5.74) is -0.203. The quantitative estimate of drug-likeness (QED) is 0.847. The van der Waals surface area contributed by atoms with Crippen molar-refractivity contribution >= 4 is 39.1 Å². The summed E-state index contributed by atoms with van der Waals surface area (Å²) in [6.45, 7) is 1.79. The molecule has 0 radical (unpaired) electrons. The number of carbonyl (C=O) groups excluding carboxylic acids is 1. The highest BCUT2D eigenvalue weighted by molar-refractivity contribution is 9.10. The zero-order valence-corrected chi connectivity index (χ0v) is 10.7. The number of rotatable bonds is 3. The summed E-state index contributed by atoms with van der Waals surface area (Å²) in [7, 11) is 0. The van der Waals surface area contributed by atoms with E-state index >= 15 is 0 Å². The predicted octanol–water partition coefficient (Wildman–Crippen LogP) is 3.73. The van der Waals surface area contributed by atoms with E-state index in [0.29, 0.717) is 12.5 Å². The van der Waals surface area contributed by atoms with Crippen LogP contribution in [0.25, 0.3) is 0 Å². The summed E-state index contributed by atoms with van der Waals surface area (Å²) < 4.78 is 26.0. The Morgan fingerprint density at radius 3 is 2.69 bits per heavy atom. The lowest BCUT2D eigenvalue weighted by atomic mass is 10.2. The van der Waals surface area contributed by atoms with Crippen LogP contribution in [0.1, 0.15) is 13.3 Å². The van der Waals surface area contributed by atoms with E-state index in [2.05, 4.69) is 21.2 Å². The largest absolute Gasteiger partial charge is 0.321 e. The van der Waals surface area contributed by atoms with Gasteiger partial charge in [0.05, 0.1) is 15.5 Å². The van der Waals surface area contributed by atoms with Crippen molar-refractivity contribution in [1.29, 1.82) is 0 Å². The van der Waals surface area contributed by atoms with Crippen LogP contribution in [-0.2, 0) is 4.79 Å². The highest BCUT2D eigenvalue weighted by Gasteiger charge is 2.17. The van der Waals surface area contributed by atoms with Crippen molar-refractivity contribution in [3.8, 4) is 0 Å². The average molecular weight is 313 g/mol. The Morgan fingerprint density at radius 2 is 2.19 bits per heavy atom. The number of hydrogen-bond donors (Lipinski definition) is 1. The van der Waals surface area contributed by atoms with Gasteiger partial charge >= 0.3 is 0 Å². The molecule has 1 atom stereocenters. The fourth-order valence-electron chi connectivity index (χ4n) is 1.05. The van der Waals surface area contributed by atoms with Crippen molar-refractivity contribution < 1.29 is 13.6 Å². The van der Waals surface area contributed by atoms with Crippen LogP contribution in [0.2, 0.25) is 5.02 Å². The zero-order valence-electron chi connectivity index (χ0n) is 8.36. The van der Waals surface area contributed by atoms with Gasteiger partial charge < -0.3 is 5.32 Å². The van der Waals surface area contributed by atoms with Crippen molar-refractivity contribution in [3.05, 3.63) is 28.8 Å². The number of alkyl halides is 1. The number of nitrogens with one attached hydrogen (secondary N) is 1. The minimum Gasteiger partial charge on any atom is -0.321 e. The Kier molecular flexibility index (Phi) is 4.68. The number of amides is 1. The summed E-state index contributed by atoms with van der Waals surface area (Å²) in [5, 5.41) is 2.13. The van der Waals surface area contributed by atoms with Gasteiger partial charge in [-0.2, -0.15) is 0 Å². The van der Waals surface area contributed by atoms with Gasteiger partial charge in [0.1, 0.15) is 5.82 Å². The lowest BCUT2D eigenvalue weighted by Gasteiger charge is -2.11. The van der Waals surface area contributed by atoms with Crippen LogP contribution in [0, 0.1) is 11.6 Å². The number of halogens is 4. The second-order valence-electron chi connectivity index (χ2n) is 3.11. The third-order valence-electron chi connectivity index (χ3n) is 1.90. The Balaban J connectivity index is 2.93. The summed E-state index contributed by atoms with van der Waals surface area (Å²) in [6.07, 6.45) is 0.548. The minimum atomic E-state index is -0.894. The van der Waals surface area contributed by atoms with E-state index in [1.807, 2.05) is 0 Å². The van der Waals surface area contributed by atoms with Crippen LogP contribution in [-0.4, -0.2) is 10.7 Å². The first-order chi connectivity index (χ1) is 7.45. The summed E-state index contributed by atoms with van der Waals surface area (Å²) in [6, 6.07) is 1.60. The van der Waals surface area contributed by atoms with E-state index in [-0.39, 0.29) is 10.7 Å². The van der Waals surface area contributed by atoms with Gasteiger partial charge in [0.2, 0.25) is 5.91 Å². The monoisotopic (exact) mass is 311 g/mol. The molecule has 0 aromatic heterocycles. The van der Waals surface area contributed by atoms with E-state index in [9.17, 15) is 13.6 Å². The van der Waals surface area contributed by atoms with E-state index in [0.717, 1.165) is 6.07 Å². The van der Waals surface area contributed by atoms with Gasteiger partial charge in [-0.3, -0.25) is 4.79 Å². The summed E-state index contributed by atoms with van der Waals surface area (Å²) in [4.78, 5) is 11.0. The lowest BCUT2D eigenvalue weighted by Crippen LogP contribution is -2.22. The first-order valence-electron chi connectivity index (χ1n) is 4.55. The predicted molar refractivity (Wildman–Crippen MR) is 63.0 cm³/mol.